The number of carbonyl (C=O) groups excluding carboxylic acids is 1. The average Bonchev–Trinajstić information content (AvgIpc) is 3.28. The largest absolute Gasteiger partial charge is 0.572 e. The van der Waals surface area contributed by atoms with Crippen molar-refractivity contribution >= 4 is 22.4 Å². The fraction of sp³-hybridized carbons (Fsp3) is 0.200. The number of ether oxygens (including phenoxy) is 1. The first kappa shape index (κ1) is 28.0. The molecule has 0 saturated heterocycles. The number of carbonyl (C=O) groups is 1. The number of allylic oxidation sites excluding steroid dienone is 4. The van der Waals surface area contributed by atoms with Crippen molar-refractivity contribution in [1.82, 2.24) is 15.3 Å². The van der Waals surface area contributed by atoms with Gasteiger partial charge < -0.3 is 15.0 Å². The van der Waals surface area contributed by atoms with E-state index in [4.69, 9.17) is 0 Å². The second-order valence-corrected chi connectivity index (χ2v) is 9.59. The van der Waals surface area contributed by atoms with Crippen LogP contribution in [0.3, 0.4) is 0 Å². The van der Waals surface area contributed by atoms with Crippen LogP contribution in [0.2, 0.25) is 0 Å². The van der Waals surface area contributed by atoms with Gasteiger partial charge in [-0.25, -0.2) is 13.2 Å². The molecule has 4 aromatic rings. The maximum absolute atomic E-state index is 14.0. The standard InChI is InChI=1S/C30H23F6N3O2/c31-20-5-8-26-25(15-20)19(16-38-26)13-28(40)39-27(12-17-10-21(32)14-22(33)11-17)29-24(2-1-9-37-29)18-3-6-23(7-4-18)41-30(34,35)36/h1-3,5-6,8-11,14-16,27,38H,4,7,12-13H2,(H,39,40)/t27-/m0/s1. The van der Waals surface area contributed by atoms with Crippen LogP contribution in [0.25, 0.3) is 16.5 Å². The summed E-state index contributed by atoms with van der Waals surface area (Å²) in [6.07, 6.45) is 1.06. The molecule has 2 aromatic heterocycles. The van der Waals surface area contributed by atoms with Gasteiger partial charge in [0.1, 0.15) is 23.2 Å². The minimum Gasteiger partial charge on any atom is -0.410 e. The van der Waals surface area contributed by atoms with Gasteiger partial charge in [-0.3, -0.25) is 9.78 Å². The number of alkyl halides is 3. The highest BCUT2D eigenvalue weighted by atomic mass is 19.4. The van der Waals surface area contributed by atoms with Crippen molar-refractivity contribution in [2.75, 3.05) is 0 Å². The van der Waals surface area contributed by atoms with Crippen LogP contribution in [0.4, 0.5) is 26.3 Å². The molecule has 5 nitrogen and oxygen atoms in total. The number of H-pyrrole nitrogens is 1. The van der Waals surface area contributed by atoms with Crippen LogP contribution in [0.15, 0.2) is 78.8 Å². The first-order valence-corrected chi connectivity index (χ1v) is 12.6. The molecule has 2 N–H and O–H groups in total. The molecule has 0 aliphatic heterocycles. The monoisotopic (exact) mass is 571 g/mol. The lowest BCUT2D eigenvalue weighted by molar-refractivity contribution is -0.306. The predicted octanol–water partition coefficient (Wildman–Crippen LogP) is 7.22. The summed E-state index contributed by atoms with van der Waals surface area (Å²) in [6.45, 7) is 0. The maximum Gasteiger partial charge on any atom is 0.572 e. The molecule has 0 fully saturated rings. The molecule has 0 saturated carbocycles. The second-order valence-electron chi connectivity index (χ2n) is 9.59. The normalized spacial score (nSPS) is 14.4. The van der Waals surface area contributed by atoms with E-state index in [-0.39, 0.29) is 37.0 Å². The van der Waals surface area contributed by atoms with Gasteiger partial charge in [0.05, 0.1) is 18.2 Å². The minimum atomic E-state index is -4.80. The molecule has 5 rings (SSSR count). The van der Waals surface area contributed by atoms with E-state index in [0.717, 1.165) is 18.2 Å². The van der Waals surface area contributed by atoms with Gasteiger partial charge >= 0.3 is 6.36 Å². The number of halogens is 6. The Morgan fingerprint density at radius 1 is 1.00 bits per heavy atom. The molecule has 1 aliphatic carbocycles. The van der Waals surface area contributed by atoms with Crippen LogP contribution >= 0.6 is 0 Å². The molecule has 1 atom stereocenters. The van der Waals surface area contributed by atoms with E-state index in [1.807, 2.05) is 0 Å². The Labute approximate surface area is 230 Å². The third-order valence-electron chi connectivity index (χ3n) is 6.65. The van der Waals surface area contributed by atoms with E-state index >= 15 is 0 Å². The van der Waals surface area contributed by atoms with Gasteiger partial charge in [0.15, 0.2) is 0 Å². The number of pyridine rings is 1. The lowest BCUT2D eigenvalue weighted by Gasteiger charge is -2.24. The molecule has 212 valence electrons. The zero-order valence-corrected chi connectivity index (χ0v) is 21.4. The number of nitrogens with zero attached hydrogens (tertiary/aromatic N) is 1. The summed E-state index contributed by atoms with van der Waals surface area (Å²) in [4.78, 5) is 20.7. The van der Waals surface area contributed by atoms with Gasteiger partial charge in [-0.2, -0.15) is 0 Å². The van der Waals surface area contributed by atoms with E-state index in [9.17, 15) is 31.1 Å². The quantitative estimate of drug-likeness (QED) is 0.220. The highest BCUT2D eigenvalue weighted by molar-refractivity contribution is 5.89. The Balaban J connectivity index is 1.46. The van der Waals surface area contributed by atoms with Gasteiger partial charge in [0.25, 0.3) is 0 Å². The Kier molecular flexibility index (Phi) is 7.87. The number of aromatic nitrogens is 2. The maximum atomic E-state index is 14.0. The SMILES string of the molecule is O=C(Cc1c[nH]c2ccc(F)cc12)N[C@@H](Cc1cc(F)cc(F)c1)c1ncccc1C1=CC=C(OC(F)(F)F)CC1. The van der Waals surface area contributed by atoms with Crippen LogP contribution < -0.4 is 5.32 Å². The van der Waals surface area contributed by atoms with E-state index in [1.165, 1.54) is 30.5 Å². The first-order valence-electron chi connectivity index (χ1n) is 12.6. The molecule has 2 aromatic carbocycles. The fourth-order valence-corrected chi connectivity index (χ4v) is 4.94. The summed E-state index contributed by atoms with van der Waals surface area (Å²) in [7, 11) is 0. The van der Waals surface area contributed by atoms with Crippen LogP contribution in [-0.2, 0) is 22.4 Å². The highest BCUT2D eigenvalue weighted by Crippen LogP contribution is 2.34. The van der Waals surface area contributed by atoms with Gasteiger partial charge in [-0.1, -0.05) is 12.1 Å². The van der Waals surface area contributed by atoms with E-state index in [2.05, 4.69) is 20.0 Å². The molecular formula is C30H23F6N3O2. The fourth-order valence-electron chi connectivity index (χ4n) is 4.94. The molecule has 0 bridgehead atoms. The van der Waals surface area contributed by atoms with Crippen molar-refractivity contribution in [1.29, 1.82) is 0 Å². The van der Waals surface area contributed by atoms with Crippen LogP contribution in [0, 0.1) is 17.5 Å². The summed E-state index contributed by atoms with van der Waals surface area (Å²) >= 11 is 0. The van der Waals surface area contributed by atoms with Crippen LogP contribution in [0.1, 0.15) is 41.3 Å². The van der Waals surface area contributed by atoms with Gasteiger partial charge in [0, 0.05) is 41.3 Å². The molecular weight excluding hydrogens is 548 g/mol. The lowest BCUT2D eigenvalue weighted by Crippen LogP contribution is -2.32. The number of fused-ring (bicyclic) bond motifs is 1. The van der Waals surface area contributed by atoms with Crippen LogP contribution in [0.5, 0.6) is 0 Å². The summed E-state index contributed by atoms with van der Waals surface area (Å²) in [5, 5.41) is 3.43. The number of benzene rings is 2. The van der Waals surface area contributed by atoms with Crippen LogP contribution in [-0.4, -0.2) is 22.2 Å². The van der Waals surface area contributed by atoms with Crippen molar-refractivity contribution < 1.29 is 35.9 Å². The predicted molar refractivity (Wildman–Crippen MR) is 140 cm³/mol. The third-order valence-corrected chi connectivity index (χ3v) is 6.65. The summed E-state index contributed by atoms with van der Waals surface area (Å²) in [5.41, 5.74) is 3.04. The smallest absolute Gasteiger partial charge is 0.410 e. The van der Waals surface area contributed by atoms with Gasteiger partial charge in [-0.15, -0.1) is 13.2 Å². The summed E-state index contributed by atoms with van der Waals surface area (Å²) < 4.78 is 83.8. The second kappa shape index (κ2) is 11.5. The average molecular weight is 572 g/mol. The number of aromatic amines is 1. The summed E-state index contributed by atoms with van der Waals surface area (Å²) in [6, 6.07) is 9.71. The van der Waals surface area contributed by atoms with Crippen molar-refractivity contribution in [2.24, 2.45) is 0 Å². The molecule has 41 heavy (non-hydrogen) atoms. The molecule has 0 unspecified atom stereocenters. The lowest BCUT2D eigenvalue weighted by atomic mass is 9.91. The third kappa shape index (κ3) is 6.97. The highest BCUT2D eigenvalue weighted by Gasteiger charge is 2.32. The summed E-state index contributed by atoms with van der Waals surface area (Å²) in [5.74, 6) is -2.72. The van der Waals surface area contributed by atoms with Crippen molar-refractivity contribution in [2.45, 2.75) is 38.1 Å². The molecule has 0 radical (unpaired) electrons. The van der Waals surface area contributed by atoms with Crippen molar-refractivity contribution in [3.63, 3.8) is 0 Å². The zero-order chi connectivity index (χ0) is 29.1. The van der Waals surface area contributed by atoms with Crippen molar-refractivity contribution in [3.8, 4) is 0 Å². The van der Waals surface area contributed by atoms with E-state index in [1.54, 1.807) is 24.4 Å². The molecule has 2 heterocycles. The minimum absolute atomic E-state index is 0.0110. The first-order chi connectivity index (χ1) is 19.5. The van der Waals surface area contributed by atoms with Gasteiger partial charge in [-0.05, 0) is 72.0 Å². The van der Waals surface area contributed by atoms with E-state index in [0.29, 0.717) is 33.3 Å². The number of amides is 1. The Morgan fingerprint density at radius 3 is 2.49 bits per heavy atom. The Hall–Kier alpha value is -4.54. The number of nitrogens with one attached hydrogen (secondary N) is 2. The molecule has 1 aliphatic rings. The van der Waals surface area contributed by atoms with Crippen molar-refractivity contribution in [3.05, 3.63) is 119 Å². The molecule has 11 heteroatoms. The van der Waals surface area contributed by atoms with Gasteiger partial charge in [0.2, 0.25) is 5.91 Å². The topological polar surface area (TPSA) is 67.0 Å². The number of rotatable bonds is 8. The molecule has 1 amide bonds. The number of hydrogen-bond acceptors (Lipinski definition) is 3. The Morgan fingerprint density at radius 2 is 1.78 bits per heavy atom. The Bertz CT molecular complexity index is 1640. The number of hydrogen-bond donors (Lipinski definition) is 2. The molecule has 0 spiro atoms. The van der Waals surface area contributed by atoms with E-state index < -0.39 is 35.8 Å². The zero-order valence-electron chi connectivity index (χ0n) is 21.4.